The Morgan fingerprint density at radius 3 is 2.37 bits per heavy atom. The molecule has 2 aliphatic rings. The Kier molecular flexibility index (Phi) is 5.85. The first-order valence-electron chi connectivity index (χ1n) is 9.38. The number of rotatable bonds is 4. The summed E-state index contributed by atoms with van der Waals surface area (Å²) in [5.74, 6) is -6.45. The minimum atomic E-state index is -2.50. The second kappa shape index (κ2) is 7.93. The molecule has 6 N–H and O–H groups in total. The van der Waals surface area contributed by atoms with Crippen LogP contribution < -0.4 is 0 Å². The van der Waals surface area contributed by atoms with Gasteiger partial charge in [0.2, 0.25) is 5.79 Å². The molecule has 0 spiro atoms. The average molecular weight is 420 g/mol. The lowest BCUT2D eigenvalue weighted by Gasteiger charge is -2.46. The third kappa shape index (κ3) is 3.55. The minimum Gasteiger partial charge on any atom is -0.507 e. The number of carbonyl (C=O) groups is 2. The van der Waals surface area contributed by atoms with Gasteiger partial charge in [-0.05, 0) is 38.5 Å². The van der Waals surface area contributed by atoms with Crippen LogP contribution in [0.15, 0.2) is 35.4 Å². The molecule has 0 radical (unpaired) electrons. The van der Waals surface area contributed by atoms with Crippen molar-refractivity contribution < 1.29 is 45.0 Å². The summed E-state index contributed by atoms with van der Waals surface area (Å²) in [6.07, 6.45) is -2.69. The van der Waals surface area contributed by atoms with Crippen molar-refractivity contribution in [3.05, 3.63) is 46.6 Å². The number of carbonyl (C=O) groups excluding carboxylic acids is 2. The summed E-state index contributed by atoms with van der Waals surface area (Å²) in [4.78, 5) is 25.8. The lowest BCUT2D eigenvalue weighted by atomic mass is 9.74. The summed E-state index contributed by atoms with van der Waals surface area (Å²) in [7, 11) is 0. The van der Waals surface area contributed by atoms with E-state index in [9.17, 15) is 40.2 Å². The molecule has 9 heteroatoms. The van der Waals surface area contributed by atoms with E-state index < -0.39 is 65.3 Å². The topological polar surface area (TPSA) is 165 Å². The summed E-state index contributed by atoms with van der Waals surface area (Å²) in [5.41, 5.74) is -0.243. The fraction of sp³-hybridized carbons (Fsp3) is 0.429. The quantitative estimate of drug-likeness (QED) is 0.294. The number of aromatic hydroxyl groups is 2. The number of fused-ring (bicyclic) bond motifs is 1. The van der Waals surface area contributed by atoms with Gasteiger partial charge in [0.1, 0.15) is 29.8 Å². The number of hydrogen-bond acceptors (Lipinski definition) is 9. The number of ether oxygens (including phenoxy) is 1. The molecule has 3 rings (SSSR count). The van der Waals surface area contributed by atoms with E-state index in [1.165, 1.54) is 0 Å². The van der Waals surface area contributed by atoms with Gasteiger partial charge in [-0.3, -0.25) is 9.59 Å². The molecule has 30 heavy (non-hydrogen) atoms. The Hall–Kier alpha value is -2.56. The molecule has 0 aromatic heterocycles. The second-order valence-electron chi connectivity index (χ2n) is 7.78. The largest absolute Gasteiger partial charge is 0.507 e. The van der Waals surface area contributed by atoms with E-state index in [4.69, 9.17) is 4.74 Å². The standard InChI is InChI=1S/C21H24O9/c1-9(2)3-4-11(21(29)20(28)19(27)15(25)8-30-21)10-7-14(24)16-12(22)5-6-13(23)17(16)18(10)26/h3,5-7,11,15,19-20,22-23,25,27-29H,4,8H2,1-2H3/t11?,15-,19+,20-,21-/m1/s1. The molecule has 1 fully saturated rings. The lowest BCUT2D eigenvalue weighted by molar-refractivity contribution is -0.336. The fourth-order valence-corrected chi connectivity index (χ4v) is 3.78. The molecule has 0 amide bonds. The van der Waals surface area contributed by atoms with Gasteiger partial charge in [0, 0.05) is 11.5 Å². The van der Waals surface area contributed by atoms with Crippen LogP contribution in [0, 0.1) is 5.92 Å². The molecule has 162 valence electrons. The molecule has 1 unspecified atom stereocenters. The first-order chi connectivity index (χ1) is 14.0. The molecular weight excluding hydrogens is 396 g/mol. The Balaban J connectivity index is 2.14. The van der Waals surface area contributed by atoms with Crippen LogP contribution in [-0.2, 0) is 4.74 Å². The molecule has 9 nitrogen and oxygen atoms in total. The van der Waals surface area contributed by atoms with Crippen LogP contribution in [0.5, 0.6) is 11.5 Å². The third-order valence-electron chi connectivity index (χ3n) is 5.45. The zero-order valence-corrected chi connectivity index (χ0v) is 16.4. The van der Waals surface area contributed by atoms with Gasteiger partial charge in [-0.2, -0.15) is 0 Å². The number of ketones is 2. The maximum Gasteiger partial charge on any atom is 0.202 e. The first kappa shape index (κ1) is 22.1. The van der Waals surface area contributed by atoms with Crippen LogP contribution in [0.2, 0.25) is 0 Å². The number of phenols is 2. The van der Waals surface area contributed by atoms with Gasteiger partial charge in [-0.1, -0.05) is 11.6 Å². The van der Waals surface area contributed by atoms with Crippen molar-refractivity contribution in [2.24, 2.45) is 5.92 Å². The van der Waals surface area contributed by atoms with E-state index in [0.29, 0.717) is 0 Å². The maximum atomic E-state index is 13.2. The number of benzene rings is 1. The van der Waals surface area contributed by atoms with E-state index in [0.717, 1.165) is 23.8 Å². The highest BCUT2D eigenvalue weighted by Gasteiger charge is 2.55. The first-order valence-corrected chi connectivity index (χ1v) is 9.38. The molecule has 1 aliphatic heterocycles. The Morgan fingerprint density at radius 1 is 1.17 bits per heavy atom. The predicted molar refractivity (Wildman–Crippen MR) is 103 cm³/mol. The minimum absolute atomic E-state index is 0.0571. The van der Waals surface area contributed by atoms with Gasteiger partial charge in [0.15, 0.2) is 11.6 Å². The highest BCUT2D eigenvalue weighted by atomic mass is 16.6. The fourth-order valence-electron chi connectivity index (χ4n) is 3.78. The number of aliphatic hydroxyl groups is 4. The molecule has 1 saturated heterocycles. The normalized spacial score (nSPS) is 29.8. The number of phenolic OH excluding ortho intramolecular Hbond substituents is 2. The zero-order valence-electron chi connectivity index (χ0n) is 16.4. The van der Waals surface area contributed by atoms with Crippen molar-refractivity contribution in [3.63, 3.8) is 0 Å². The Bertz CT molecular complexity index is 944. The molecule has 1 aromatic rings. The van der Waals surface area contributed by atoms with E-state index >= 15 is 0 Å². The third-order valence-corrected chi connectivity index (χ3v) is 5.45. The summed E-state index contributed by atoms with van der Waals surface area (Å²) in [6.45, 7) is 3.01. The van der Waals surface area contributed by atoms with E-state index in [1.54, 1.807) is 19.9 Å². The molecule has 1 aromatic carbocycles. The molecule has 0 saturated carbocycles. The van der Waals surface area contributed by atoms with Crippen molar-refractivity contribution >= 4 is 11.6 Å². The second-order valence-corrected chi connectivity index (χ2v) is 7.78. The summed E-state index contributed by atoms with van der Waals surface area (Å²) in [5, 5.41) is 61.5. The van der Waals surface area contributed by atoms with Gasteiger partial charge in [-0.15, -0.1) is 0 Å². The van der Waals surface area contributed by atoms with Gasteiger partial charge in [-0.25, -0.2) is 0 Å². The highest BCUT2D eigenvalue weighted by Crippen LogP contribution is 2.43. The number of aliphatic hydroxyl groups excluding tert-OH is 3. The average Bonchev–Trinajstić information content (AvgIpc) is 2.68. The van der Waals surface area contributed by atoms with Gasteiger partial charge in [0.05, 0.1) is 17.7 Å². The summed E-state index contributed by atoms with van der Waals surface area (Å²) >= 11 is 0. The van der Waals surface area contributed by atoms with Crippen LogP contribution in [-0.4, -0.2) is 72.9 Å². The van der Waals surface area contributed by atoms with Crippen LogP contribution in [0.4, 0.5) is 0 Å². The molecule has 1 heterocycles. The SMILES string of the molecule is CC(C)=CCC(C1=CC(=O)c2c(O)ccc(O)c2C1=O)[C@@]1(O)OC[C@@H](O)[C@H](O)[C@H]1O. The predicted octanol–water partition coefficient (Wildman–Crippen LogP) is 0.177. The smallest absolute Gasteiger partial charge is 0.202 e. The van der Waals surface area contributed by atoms with E-state index in [2.05, 4.69) is 0 Å². The van der Waals surface area contributed by atoms with Crippen LogP contribution in [0.1, 0.15) is 41.0 Å². The zero-order chi connectivity index (χ0) is 22.4. The van der Waals surface area contributed by atoms with Gasteiger partial charge < -0.3 is 35.4 Å². The highest BCUT2D eigenvalue weighted by molar-refractivity contribution is 6.26. The molecule has 5 atom stereocenters. The summed E-state index contributed by atoms with van der Waals surface area (Å²) in [6, 6.07) is 2.15. The van der Waals surface area contributed by atoms with Crippen molar-refractivity contribution in [2.75, 3.05) is 6.61 Å². The Morgan fingerprint density at radius 2 is 1.77 bits per heavy atom. The lowest BCUT2D eigenvalue weighted by Crippen LogP contribution is -2.64. The van der Waals surface area contributed by atoms with Crippen LogP contribution in [0.3, 0.4) is 0 Å². The van der Waals surface area contributed by atoms with Crippen molar-refractivity contribution in [3.8, 4) is 11.5 Å². The van der Waals surface area contributed by atoms with Crippen molar-refractivity contribution in [2.45, 2.75) is 44.4 Å². The molecular formula is C21H24O9. The van der Waals surface area contributed by atoms with Crippen LogP contribution in [0.25, 0.3) is 0 Å². The van der Waals surface area contributed by atoms with Crippen molar-refractivity contribution in [1.82, 2.24) is 0 Å². The summed E-state index contributed by atoms with van der Waals surface area (Å²) < 4.78 is 5.28. The monoisotopic (exact) mass is 420 g/mol. The van der Waals surface area contributed by atoms with E-state index in [1.807, 2.05) is 0 Å². The number of hydrogen-bond donors (Lipinski definition) is 6. The molecule has 1 aliphatic carbocycles. The van der Waals surface area contributed by atoms with Crippen molar-refractivity contribution in [1.29, 1.82) is 0 Å². The van der Waals surface area contributed by atoms with Crippen LogP contribution >= 0.6 is 0 Å². The number of Topliss-reactive ketones (excluding diaryl/α,β-unsaturated/α-hetero) is 1. The number of allylic oxidation sites excluding steroid dienone is 3. The van der Waals surface area contributed by atoms with Gasteiger partial charge in [0.25, 0.3) is 0 Å². The van der Waals surface area contributed by atoms with Gasteiger partial charge >= 0.3 is 0 Å². The molecule has 0 bridgehead atoms. The maximum absolute atomic E-state index is 13.2. The Labute approximate surface area is 172 Å². The van der Waals surface area contributed by atoms with E-state index in [-0.39, 0.29) is 17.6 Å².